The Bertz CT molecular complexity index is 278. The summed E-state index contributed by atoms with van der Waals surface area (Å²) >= 11 is 0. The van der Waals surface area contributed by atoms with E-state index in [1.165, 1.54) is 0 Å². The van der Waals surface area contributed by atoms with Crippen LogP contribution in [0.3, 0.4) is 0 Å². The predicted molar refractivity (Wildman–Crippen MR) is 68.8 cm³/mol. The first kappa shape index (κ1) is 13.0. The van der Waals surface area contributed by atoms with Gasteiger partial charge < -0.3 is 14.8 Å². The molecule has 0 saturated carbocycles. The number of hydrogen-bond donors (Lipinski definition) is 1. The first-order valence-electron chi connectivity index (χ1n) is 6.29. The van der Waals surface area contributed by atoms with Crippen molar-refractivity contribution in [1.82, 2.24) is 14.5 Å². The number of nitrogens with one attached hydrogen (secondary N) is 1. The Morgan fingerprint density at radius 2 is 2.06 bits per heavy atom. The Morgan fingerprint density at radius 1 is 1.31 bits per heavy atom. The van der Waals surface area contributed by atoms with Crippen molar-refractivity contribution in [1.29, 1.82) is 0 Å². The molecule has 16 heavy (non-hydrogen) atoms. The molecule has 0 atom stereocenters. The highest BCUT2D eigenvalue weighted by atomic mass is 15.2. The van der Waals surface area contributed by atoms with E-state index >= 15 is 0 Å². The highest BCUT2D eigenvalue weighted by molar-refractivity contribution is 5.25. The summed E-state index contributed by atoms with van der Waals surface area (Å²) in [4.78, 5) is 6.72. The van der Waals surface area contributed by atoms with Crippen LogP contribution in [0.25, 0.3) is 0 Å². The fraction of sp³-hybridized carbons (Fsp3) is 0.750. The largest absolute Gasteiger partial charge is 0.354 e. The molecule has 4 nitrogen and oxygen atoms in total. The number of rotatable bonds is 8. The fourth-order valence-electron chi connectivity index (χ4n) is 1.76. The van der Waals surface area contributed by atoms with E-state index in [4.69, 9.17) is 0 Å². The van der Waals surface area contributed by atoms with Crippen molar-refractivity contribution in [3.63, 3.8) is 0 Å². The first-order valence-corrected chi connectivity index (χ1v) is 6.29. The lowest BCUT2D eigenvalue weighted by Gasteiger charge is -2.18. The average molecular weight is 224 g/mol. The molecule has 0 bridgehead atoms. The van der Waals surface area contributed by atoms with Crippen LogP contribution >= 0.6 is 0 Å². The van der Waals surface area contributed by atoms with Crippen LogP contribution in [0, 0.1) is 0 Å². The zero-order valence-electron chi connectivity index (χ0n) is 10.7. The molecule has 92 valence electrons. The van der Waals surface area contributed by atoms with Gasteiger partial charge in [0.1, 0.15) is 0 Å². The first-order chi connectivity index (χ1) is 7.81. The van der Waals surface area contributed by atoms with E-state index in [1.54, 1.807) is 0 Å². The van der Waals surface area contributed by atoms with Crippen LogP contribution in [0.2, 0.25) is 0 Å². The third-order valence-corrected chi connectivity index (χ3v) is 2.79. The molecule has 0 saturated heterocycles. The molecule has 0 aliphatic heterocycles. The summed E-state index contributed by atoms with van der Waals surface area (Å²) in [5, 5.41) is 3.39. The van der Waals surface area contributed by atoms with Crippen molar-refractivity contribution in [2.24, 2.45) is 0 Å². The molecule has 0 unspecified atom stereocenters. The molecule has 0 aromatic carbocycles. The van der Waals surface area contributed by atoms with Crippen molar-refractivity contribution in [2.45, 2.75) is 33.7 Å². The van der Waals surface area contributed by atoms with E-state index in [1.807, 2.05) is 12.4 Å². The molecule has 0 aliphatic rings. The molecule has 1 N–H and O–H groups in total. The van der Waals surface area contributed by atoms with Crippen LogP contribution in [0.5, 0.6) is 0 Å². The normalized spacial score (nSPS) is 11.0. The van der Waals surface area contributed by atoms with Crippen LogP contribution in [-0.4, -0.2) is 40.6 Å². The zero-order chi connectivity index (χ0) is 11.8. The maximum atomic E-state index is 4.32. The molecular formula is C12H24N4. The van der Waals surface area contributed by atoms with Crippen LogP contribution in [-0.2, 0) is 6.54 Å². The summed E-state index contributed by atoms with van der Waals surface area (Å²) in [5.74, 6) is 0.994. The smallest absolute Gasteiger partial charge is 0.202 e. The van der Waals surface area contributed by atoms with Gasteiger partial charge in [0.15, 0.2) is 0 Å². The van der Waals surface area contributed by atoms with Crippen molar-refractivity contribution in [3.05, 3.63) is 12.4 Å². The van der Waals surface area contributed by atoms with Crippen molar-refractivity contribution in [2.75, 3.05) is 31.5 Å². The van der Waals surface area contributed by atoms with E-state index in [9.17, 15) is 0 Å². The highest BCUT2D eigenvalue weighted by Gasteiger charge is 2.02. The van der Waals surface area contributed by atoms with Crippen molar-refractivity contribution < 1.29 is 0 Å². The molecule has 0 amide bonds. The molecule has 1 heterocycles. The third-order valence-electron chi connectivity index (χ3n) is 2.79. The Morgan fingerprint density at radius 3 is 2.69 bits per heavy atom. The van der Waals surface area contributed by atoms with Gasteiger partial charge in [-0.25, -0.2) is 4.98 Å². The molecule has 0 radical (unpaired) electrons. The highest BCUT2D eigenvalue weighted by Crippen LogP contribution is 2.04. The lowest BCUT2D eigenvalue weighted by Crippen LogP contribution is -2.29. The van der Waals surface area contributed by atoms with Crippen LogP contribution in [0.4, 0.5) is 5.95 Å². The number of aromatic nitrogens is 2. The summed E-state index contributed by atoms with van der Waals surface area (Å²) in [6, 6.07) is 0. The Kier molecular flexibility index (Phi) is 5.93. The van der Waals surface area contributed by atoms with Gasteiger partial charge in [-0.15, -0.1) is 0 Å². The molecule has 0 fully saturated rings. The lowest BCUT2D eigenvalue weighted by molar-refractivity contribution is 0.315. The van der Waals surface area contributed by atoms with E-state index in [0.717, 1.165) is 45.1 Å². The van der Waals surface area contributed by atoms with E-state index in [0.29, 0.717) is 0 Å². The number of hydrogen-bond acceptors (Lipinski definition) is 3. The molecule has 1 aromatic heterocycles. The molecule has 1 aromatic rings. The maximum Gasteiger partial charge on any atom is 0.202 e. The van der Waals surface area contributed by atoms with Gasteiger partial charge in [-0.05, 0) is 19.5 Å². The van der Waals surface area contributed by atoms with Crippen molar-refractivity contribution in [3.8, 4) is 0 Å². The summed E-state index contributed by atoms with van der Waals surface area (Å²) < 4.78 is 2.17. The molecule has 4 heteroatoms. The SMILES string of the molecule is CCCn1ccnc1NCCN(CC)CC. The van der Waals surface area contributed by atoms with E-state index in [2.05, 4.69) is 40.5 Å². The minimum Gasteiger partial charge on any atom is -0.354 e. The topological polar surface area (TPSA) is 33.1 Å². The van der Waals surface area contributed by atoms with Crippen LogP contribution < -0.4 is 5.32 Å². The second-order valence-corrected chi connectivity index (χ2v) is 3.90. The number of anilines is 1. The maximum absolute atomic E-state index is 4.32. The summed E-state index contributed by atoms with van der Waals surface area (Å²) in [6.07, 6.45) is 5.03. The second kappa shape index (κ2) is 7.28. The van der Waals surface area contributed by atoms with E-state index in [-0.39, 0.29) is 0 Å². The van der Waals surface area contributed by atoms with Crippen LogP contribution in [0.1, 0.15) is 27.2 Å². The van der Waals surface area contributed by atoms with Crippen molar-refractivity contribution >= 4 is 5.95 Å². The number of likely N-dealkylation sites (N-methyl/N-ethyl adjacent to an activating group) is 1. The predicted octanol–water partition coefficient (Wildman–Crippen LogP) is 2.05. The Balaban J connectivity index is 2.33. The van der Waals surface area contributed by atoms with Crippen LogP contribution in [0.15, 0.2) is 12.4 Å². The monoisotopic (exact) mass is 224 g/mol. The standard InChI is InChI=1S/C12H24N4/c1-4-9-16-11-8-14-12(16)13-7-10-15(5-2)6-3/h8,11H,4-7,9-10H2,1-3H3,(H,13,14). The number of nitrogens with zero attached hydrogens (tertiary/aromatic N) is 3. The number of imidazole rings is 1. The van der Waals surface area contributed by atoms with Gasteiger partial charge in [0, 0.05) is 32.0 Å². The minimum absolute atomic E-state index is 0.961. The molecule has 0 spiro atoms. The summed E-state index contributed by atoms with van der Waals surface area (Å²) in [6.45, 7) is 11.9. The molecule has 0 aliphatic carbocycles. The second-order valence-electron chi connectivity index (χ2n) is 3.90. The molecular weight excluding hydrogens is 200 g/mol. The number of aryl methyl sites for hydroxylation is 1. The fourth-order valence-corrected chi connectivity index (χ4v) is 1.76. The summed E-state index contributed by atoms with van der Waals surface area (Å²) in [5.41, 5.74) is 0. The van der Waals surface area contributed by atoms with Gasteiger partial charge in [-0.1, -0.05) is 20.8 Å². The Labute approximate surface area is 98.7 Å². The average Bonchev–Trinajstić information content (AvgIpc) is 2.73. The zero-order valence-corrected chi connectivity index (χ0v) is 10.7. The van der Waals surface area contributed by atoms with Gasteiger partial charge in [0.25, 0.3) is 0 Å². The molecule has 1 rings (SSSR count). The van der Waals surface area contributed by atoms with Gasteiger partial charge >= 0.3 is 0 Å². The summed E-state index contributed by atoms with van der Waals surface area (Å²) in [7, 11) is 0. The Hall–Kier alpha value is -1.03. The third kappa shape index (κ3) is 3.85. The van der Waals surface area contributed by atoms with E-state index < -0.39 is 0 Å². The quantitative estimate of drug-likeness (QED) is 0.733. The van der Waals surface area contributed by atoms with Gasteiger partial charge in [0.05, 0.1) is 0 Å². The van der Waals surface area contributed by atoms with Gasteiger partial charge in [-0.3, -0.25) is 0 Å². The lowest BCUT2D eigenvalue weighted by atomic mass is 10.4. The van der Waals surface area contributed by atoms with Gasteiger partial charge in [-0.2, -0.15) is 0 Å². The minimum atomic E-state index is 0.961. The van der Waals surface area contributed by atoms with Gasteiger partial charge in [0.2, 0.25) is 5.95 Å².